The third kappa shape index (κ3) is 5.86. The van der Waals surface area contributed by atoms with Crippen LogP contribution in [0.25, 0.3) is 0 Å². The summed E-state index contributed by atoms with van der Waals surface area (Å²) in [4.78, 5) is 6.77. The average Bonchev–Trinajstić information content (AvgIpc) is 2.64. The van der Waals surface area contributed by atoms with Crippen LogP contribution in [0, 0.1) is 6.92 Å². The fourth-order valence-electron chi connectivity index (χ4n) is 3.59. The largest absolute Gasteiger partial charge is 0.494 e. The van der Waals surface area contributed by atoms with Gasteiger partial charge in [-0.1, -0.05) is 0 Å². The van der Waals surface area contributed by atoms with Crippen molar-refractivity contribution >= 4 is 5.69 Å². The summed E-state index contributed by atoms with van der Waals surface area (Å²) in [6, 6.07) is 10.9. The Labute approximate surface area is 162 Å². The molecule has 27 heavy (non-hydrogen) atoms. The molecular weight excluding hydrogens is 338 g/mol. The summed E-state index contributed by atoms with van der Waals surface area (Å²) >= 11 is 0. The van der Waals surface area contributed by atoms with Crippen LogP contribution in [0.15, 0.2) is 36.5 Å². The molecule has 0 unspecified atom stereocenters. The second-order valence-electron chi connectivity index (χ2n) is 7.06. The number of rotatable bonds is 8. The zero-order valence-electron chi connectivity index (χ0n) is 16.7. The van der Waals surface area contributed by atoms with Gasteiger partial charge in [-0.05, 0) is 63.4 Å². The molecule has 5 nitrogen and oxygen atoms in total. The molecule has 5 heteroatoms. The molecule has 1 aliphatic rings. The molecule has 2 aromatic rings. The Kier molecular flexibility index (Phi) is 6.93. The van der Waals surface area contributed by atoms with E-state index in [2.05, 4.69) is 33.4 Å². The maximum atomic E-state index is 5.70. The Morgan fingerprint density at radius 1 is 1.04 bits per heavy atom. The van der Waals surface area contributed by atoms with Crippen molar-refractivity contribution < 1.29 is 9.47 Å². The zero-order chi connectivity index (χ0) is 19.1. The average molecular weight is 370 g/mol. The van der Waals surface area contributed by atoms with Crippen molar-refractivity contribution in [3.8, 4) is 11.5 Å². The first-order valence-corrected chi connectivity index (χ1v) is 9.97. The highest BCUT2D eigenvalue weighted by Crippen LogP contribution is 2.25. The van der Waals surface area contributed by atoms with E-state index >= 15 is 0 Å². The lowest BCUT2D eigenvalue weighted by Crippen LogP contribution is -2.38. The summed E-state index contributed by atoms with van der Waals surface area (Å²) in [6.07, 6.45) is 4.16. The first-order chi connectivity index (χ1) is 13.2. The number of aryl methyl sites for hydroxylation is 1. The van der Waals surface area contributed by atoms with E-state index in [1.165, 1.54) is 11.3 Å². The van der Waals surface area contributed by atoms with Gasteiger partial charge < -0.3 is 14.8 Å². The number of anilines is 1. The van der Waals surface area contributed by atoms with E-state index < -0.39 is 0 Å². The van der Waals surface area contributed by atoms with Crippen molar-refractivity contribution in [2.45, 2.75) is 46.2 Å². The highest BCUT2D eigenvalue weighted by molar-refractivity contribution is 5.44. The van der Waals surface area contributed by atoms with Crippen LogP contribution in [0.5, 0.6) is 11.5 Å². The summed E-state index contributed by atoms with van der Waals surface area (Å²) in [7, 11) is 0. The van der Waals surface area contributed by atoms with Gasteiger partial charge >= 0.3 is 0 Å². The maximum Gasteiger partial charge on any atom is 0.123 e. The molecule has 1 saturated heterocycles. The van der Waals surface area contributed by atoms with Gasteiger partial charge in [-0.2, -0.15) is 0 Å². The minimum absolute atomic E-state index is 0.525. The molecule has 0 saturated carbocycles. The number of piperidine rings is 1. The molecule has 1 aromatic heterocycles. The van der Waals surface area contributed by atoms with Crippen LogP contribution >= 0.6 is 0 Å². The summed E-state index contributed by atoms with van der Waals surface area (Å²) in [6.45, 7) is 10.5. The number of benzene rings is 1. The Morgan fingerprint density at radius 2 is 1.70 bits per heavy atom. The van der Waals surface area contributed by atoms with Gasteiger partial charge in [0.25, 0.3) is 0 Å². The number of hydrogen-bond acceptors (Lipinski definition) is 5. The predicted octanol–water partition coefficient (Wildman–Crippen LogP) is 4.26. The Balaban J connectivity index is 1.55. The highest BCUT2D eigenvalue weighted by atomic mass is 16.5. The van der Waals surface area contributed by atoms with Crippen molar-refractivity contribution in [2.75, 3.05) is 31.6 Å². The van der Waals surface area contributed by atoms with Crippen LogP contribution in [-0.2, 0) is 6.54 Å². The van der Waals surface area contributed by atoms with Crippen LogP contribution in [0.1, 0.15) is 37.9 Å². The third-order valence-electron chi connectivity index (χ3n) is 4.82. The first-order valence-electron chi connectivity index (χ1n) is 9.97. The number of hydrogen-bond donors (Lipinski definition) is 1. The van der Waals surface area contributed by atoms with Gasteiger partial charge in [0, 0.05) is 49.3 Å². The van der Waals surface area contributed by atoms with E-state index in [-0.39, 0.29) is 0 Å². The smallest absolute Gasteiger partial charge is 0.123 e. The van der Waals surface area contributed by atoms with Crippen molar-refractivity contribution in [1.82, 2.24) is 9.88 Å². The molecule has 3 rings (SSSR count). The summed E-state index contributed by atoms with van der Waals surface area (Å²) in [5.41, 5.74) is 3.48. The van der Waals surface area contributed by atoms with E-state index in [0.717, 1.165) is 49.7 Å². The van der Waals surface area contributed by atoms with Crippen molar-refractivity contribution in [1.29, 1.82) is 0 Å². The molecule has 2 heterocycles. The van der Waals surface area contributed by atoms with E-state index in [9.17, 15) is 0 Å². The van der Waals surface area contributed by atoms with E-state index in [4.69, 9.17) is 9.47 Å². The highest BCUT2D eigenvalue weighted by Gasteiger charge is 2.19. The van der Waals surface area contributed by atoms with Crippen LogP contribution < -0.4 is 14.8 Å². The number of likely N-dealkylation sites (tertiary alicyclic amines) is 1. The van der Waals surface area contributed by atoms with Crippen molar-refractivity contribution in [3.05, 3.63) is 47.8 Å². The van der Waals surface area contributed by atoms with Crippen LogP contribution in [0.2, 0.25) is 0 Å². The minimum atomic E-state index is 0.525. The molecule has 1 N–H and O–H groups in total. The molecule has 0 amide bonds. The number of nitrogens with one attached hydrogen (secondary N) is 1. The Bertz CT molecular complexity index is 703. The van der Waals surface area contributed by atoms with Gasteiger partial charge in [-0.25, -0.2) is 0 Å². The second-order valence-corrected chi connectivity index (χ2v) is 7.06. The van der Waals surface area contributed by atoms with Gasteiger partial charge in [0.1, 0.15) is 11.5 Å². The maximum absolute atomic E-state index is 5.70. The Morgan fingerprint density at radius 3 is 2.30 bits per heavy atom. The zero-order valence-corrected chi connectivity index (χ0v) is 16.7. The molecule has 0 atom stereocenters. The number of pyridine rings is 1. The number of ether oxygens (including phenoxy) is 2. The summed E-state index contributed by atoms with van der Waals surface area (Å²) in [5, 5.41) is 3.65. The Hall–Kier alpha value is -2.27. The lowest BCUT2D eigenvalue weighted by atomic mass is 10.0. The van der Waals surface area contributed by atoms with E-state index in [1.54, 1.807) is 0 Å². The minimum Gasteiger partial charge on any atom is -0.494 e. The molecule has 146 valence electrons. The fourth-order valence-corrected chi connectivity index (χ4v) is 3.59. The normalized spacial score (nSPS) is 15.5. The van der Waals surface area contributed by atoms with Crippen LogP contribution in [-0.4, -0.2) is 42.2 Å². The molecule has 0 aliphatic carbocycles. The van der Waals surface area contributed by atoms with Gasteiger partial charge in [0.05, 0.1) is 13.2 Å². The topological polar surface area (TPSA) is 46.6 Å². The van der Waals surface area contributed by atoms with Crippen molar-refractivity contribution in [3.63, 3.8) is 0 Å². The second kappa shape index (κ2) is 9.60. The first kappa shape index (κ1) is 19.5. The molecule has 0 spiro atoms. The van der Waals surface area contributed by atoms with Gasteiger partial charge in [0.2, 0.25) is 0 Å². The summed E-state index contributed by atoms with van der Waals surface area (Å²) < 4.78 is 11.4. The molecule has 1 fully saturated rings. The monoisotopic (exact) mass is 369 g/mol. The van der Waals surface area contributed by atoms with Gasteiger partial charge in [-0.15, -0.1) is 0 Å². The number of aromatic nitrogens is 1. The van der Waals surface area contributed by atoms with Crippen LogP contribution in [0.3, 0.4) is 0 Å². The van der Waals surface area contributed by atoms with Gasteiger partial charge in [0.15, 0.2) is 0 Å². The number of nitrogens with zero attached hydrogens (tertiary/aromatic N) is 2. The van der Waals surface area contributed by atoms with Crippen LogP contribution in [0.4, 0.5) is 5.69 Å². The molecule has 0 bridgehead atoms. The standard InChI is InChI=1S/C22H31N3O2/c1-4-26-21-13-18(14-22(15-21)27-5-2)16-25-10-7-19(8-11-25)24-20-6-9-23-17(3)12-20/h6,9,12-15,19H,4-5,7-8,10-11,16H2,1-3H3,(H,23,24). The summed E-state index contributed by atoms with van der Waals surface area (Å²) in [5.74, 6) is 1.78. The quantitative estimate of drug-likeness (QED) is 0.753. The van der Waals surface area contributed by atoms with E-state index in [1.807, 2.05) is 39.1 Å². The SMILES string of the molecule is CCOc1cc(CN2CCC(Nc3ccnc(C)c3)CC2)cc(OCC)c1. The lowest BCUT2D eigenvalue weighted by molar-refractivity contribution is 0.210. The fraction of sp³-hybridized carbons (Fsp3) is 0.500. The molecular formula is C22H31N3O2. The predicted molar refractivity (Wildman–Crippen MR) is 110 cm³/mol. The van der Waals surface area contributed by atoms with E-state index in [0.29, 0.717) is 19.3 Å². The third-order valence-corrected chi connectivity index (χ3v) is 4.82. The lowest BCUT2D eigenvalue weighted by Gasteiger charge is -2.33. The van der Waals surface area contributed by atoms with Gasteiger partial charge in [-0.3, -0.25) is 9.88 Å². The molecule has 0 radical (unpaired) electrons. The van der Waals surface area contributed by atoms with Crippen molar-refractivity contribution in [2.24, 2.45) is 0 Å². The molecule has 1 aliphatic heterocycles. The molecule has 1 aromatic carbocycles.